The molecule has 1 amide bonds. The van der Waals surface area contributed by atoms with Gasteiger partial charge in [0.25, 0.3) is 11.7 Å². The van der Waals surface area contributed by atoms with Gasteiger partial charge < -0.3 is 23.7 Å². The van der Waals surface area contributed by atoms with E-state index >= 15 is 0 Å². The summed E-state index contributed by atoms with van der Waals surface area (Å²) < 4.78 is 21.9. The summed E-state index contributed by atoms with van der Waals surface area (Å²) in [4.78, 5) is 27.7. The van der Waals surface area contributed by atoms with Gasteiger partial charge in [0.2, 0.25) is 0 Å². The number of Topliss-reactive ketones (excluding diaryl/α,β-unsaturated/α-hetero) is 1. The van der Waals surface area contributed by atoms with Crippen molar-refractivity contribution < 1.29 is 33.3 Å². The number of ketones is 1. The monoisotopic (exact) mass is 463 g/mol. The van der Waals surface area contributed by atoms with Gasteiger partial charge >= 0.3 is 0 Å². The van der Waals surface area contributed by atoms with Crippen LogP contribution < -0.4 is 19.1 Å². The van der Waals surface area contributed by atoms with Crippen LogP contribution in [0.1, 0.15) is 31.2 Å². The number of carbonyl (C=O) groups is 2. The van der Waals surface area contributed by atoms with E-state index in [0.29, 0.717) is 28.7 Å². The van der Waals surface area contributed by atoms with Gasteiger partial charge in [0.05, 0.1) is 37.7 Å². The van der Waals surface area contributed by atoms with Gasteiger partial charge in [0.15, 0.2) is 0 Å². The minimum Gasteiger partial charge on any atom is -0.507 e. The van der Waals surface area contributed by atoms with Crippen LogP contribution in [-0.4, -0.2) is 37.1 Å². The standard InChI is InChI=1S/C26H25NO7/c1-15(2)34-17-9-7-16(8-10-17)27-23(21-6-5-13-33-21)22(25(29)26(27)30)24(28)19-14-18(31-3)11-12-20(19)32-4/h5-15,23,28H,1-4H3/b24-22-. The van der Waals surface area contributed by atoms with E-state index in [9.17, 15) is 14.7 Å². The lowest BCUT2D eigenvalue weighted by Gasteiger charge is -2.24. The van der Waals surface area contributed by atoms with Crippen LogP contribution in [0.5, 0.6) is 17.2 Å². The third kappa shape index (κ3) is 4.10. The number of aliphatic hydroxyl groups excluding tert-OH is 1. The van der Waals surface area contributed by atoms with Crippen molar-refractivity contribution in [3.05, 3.63) is 77.8 Å². The molecule has 1 aliphatic heterocycles. The van der Waals surface area contributed by atoms with Gasteiger partial charge in [0, 0.05) is 5.69 Å². The van der Waals surface area contributed by atoms with E-state index < -0.39 is 23.5 Å². The highest BCUT2D eigenvalue weighted by Gasteiger charge is 2.48. The molecule has 0 aliphatic carbocycles. The molecule has 1 atom stereocenters. The predicted octanol–water partition coefficient (Wildman–Crippen LogP) is 4.71. The van der Waals surface area contributed by atoms with Crippen LogP contribution in [0.2, 0.25) is 0 Å². The van der Waals surface area contributed by atoms with Crippen LogP contribution in [0.15, 0.2) is 70.9 Å². The lowest BCUT2D eigenvalue weighted by atomic mass is 9.98. The second kappa shape index (κ2) is 9.35. The molecule has 0 radical (unpaired) electrons. The third-order valence-electron chi connectivity index (χ3n) is 5.41. The Hall–Kier alpha value is -4.20. The number of furan rings is 1. The van der Waals surface area contributed by atoms with Crippen LogP contribution >= 0.6 is 0 Å². The molecular weight excluding hydrogens is 438 g/mol. The zero-order chi connectivity index (χ0) is 24.4. The maximum atomic E-state index is 13.2. The van der Waals surface area contributed by atoms with Gasteiger partial charge in [-0.15, -0.1) is 0 Å². The van der Waals surface area contributed by atoms with Crippen molar-refractivity contribution in [1.29, 1.82) is 0 Å². The Morgan fingerprint density at radius 1 is 1.00 bits per heavy atom. The second-order valence-corrected chi connectivity index (χ2v) is 7.91. The Kier molecular flexibility index (Phi) is 6.32. The fourth-order valence-electron chi connectivity index (χ4n) is 3.92. The van der Waals surface area contributed by atoms with Gasteiger partial charge in [-0.3, -0.25) is 14.5 Å². The molecule has 1 aromatic heterocycles. The number of amides is 1. The van der Waals surface area contributed by atoms with Crippen LogP contribution in [0.4, 0.5) is 5.69 Å². The first-order valence-corrected chi connectivity index (χ1v) is 10.7. The van der Waals surface area contributed by atoms with Crippen LogP contribution in [-0.2, 0) is 9.59 Å². The van der Waals surface area contributed by atoms with E-state index in [0.717, 1.165) is 0 Å². The molecule has 1 aliphatic rings. The Morgan fingerprint density at radius 3 is 2.29 bits per heavy atom. The average Bonchev–Trinajstić information content (AvgIpc) is 3.45. The molecule has 8 nitrogen and oxygen atoms in total. The Morgan fingerprint density at radius 2 is 1.71 bits per heavy atom. The van der Waals surface area contributed by atoms with Crippen LogP contribution in [0.25, 0.3) is 5.76 Å². The smallest absolute Gasteiger partial charge is 0.300 e. The number of methoxy groups -OCH3 is 2. The van der Waals surface area contributed by atoms with Crippen molar-refractivity contribution >= 4 is 23.1 Å². The molecule has 3 aromatic rings. The van der Waals surface area contributed by atoms with Crippen molar-refractivity contribution in [2.24, 2.45) is 0 Å². The summed E-state index contributed by atoms with van der Waals surface area (Å²) in [5.41, 5.74) is 0.558. The van der Waals surface area contributed by atoms with Crippen molar-refractivity contribution in [2.75, 3.05) is 19.1 Å². The maximum absolute atomic E-state index is 13.2. The minimum absolute atomic E-state index is 0.0129. The first kappa shape index (κ1) is 23.0. The SMILES string of the molecule is COc1ccc(OC)c(/C(O)=C2/C(=O)C(=O)N(c3ccc(OC(C)C)cc3)C2c2ccco2)c1. The average molecular weight is 463 g/mol. The largest absolute Gasteiger partial charge is 0.507 e. The number of rotatable bonds is 7. The number of hydrogen-bond acceptors (Lipinski definition) is 7. The number of ether oxygens (including phenoxy) is 3. The van der Waals surface area contributed by atoms with Gasteiger partial charge in [-0.1, -0.05) is 0 Å². The summed E-state index contributed by atoms with van der Waals surface area (Å²) >= 11 is 0. The number of nitrogens with zero attached hydrogens (tertiary/aromatic N) is 1. The van der Waals surface area contributed by atoms with Crippen molar-refractivity contribution in [3.63, 3.8) is 0 Å². The first-order valence-electron chi connectivity index (χ1n) is 10.7. The molecule has 0 saturated carbocycles. The summed E-state index contributed by atoms with van der Waals surface area (Å²) in [5.74, 6) is -0.299. The molecule has 0 spiro atoms. The quantitative estimate of drug-likeness (QED) is 0.308. The van der Waals surface area contributed by atoms with E-state index in [4.69, 9.17) is 18.6 Å². The number of aliphatic hydroxyl groups is 1. The van der Waals surface area contributed by atoms with Crippen molar-refractivity contribution in [3.8, 4) is 17.2 Å². The third-order valence-corrected chi connectivity index (χ3v) is 5.41. The second-order valence-electron chi connectivity index (χ2n) is 7.91. The zero-order valence-electron chi connectivity index (χ0n) is 19.3. The molecule has 0 bridgehead atoms. The molecule has 1 saturated heterocycles. The molecule has 1 N–H and O–H groups in total. The molecule has 176 valence electrons. The lowest BCUT2D eigenvalue weighted by Crippen LogP contribution is -2.29. The van der Waals surface area contributed by atoms with Crippen molar-refractivity contribution in [1.82, 2.24) is 0 Å². The summed E-state index contributed by atoms with van der Waals surface area (Å²) in [6.07, 6.45) is 1.43. The minimum atomic E-state index is -0.984. The maximum Gasteiger partial charge on any atom is 0.300 e. The molecule has 2 heterocycles. The predicted molar refractivity (Wildman–Crippen MR) is 125 cm³/mol. The van der Waals surface area contributed by atoms with Gasteiger partial charge in [-0.2, -0.15) is 0 Å². The van der Waals surface area contributed by atoms with Crippen LogP contribution in [0.3, 0.4) is 0 Å². The Labute approximate surface area is 197 Å². The zero-order valence-corrected chi connectivity index (χ0v) is 19.3. The van der Waals surface area contributed by atoms with E-state index in [1.807, 2.05) is 13.8 Å². The van der Waals surface area contributed by atoms with E-state index in [2.05, 4.69) is 0 Å². The van der Waals surface area contributed by atoms with E-state index in [1.165, 1.54) is 25.4 Å². The highest BCUT2D eigenvalue weighted by molar-refractivity contribution is 6.51. The van der Waals surface area contributed by atoms with Crippen LogP contribution in [0, 0.1) is 0 Å². The fourth-order valence-corrected chi connectivity index (χ4v) is 3.92. The first-order chi connectivity index (χ1) is 16.3. The van der Waals surface area contributed by atoms with Crippen molar-refractivity contribution in [2.45, 2.75) is 26.0 Å². The summed E-state index contributed by atoms with van der Waals surface area (Å²) in [6.45, 7) is 3.83. The number of hydrogen-bond donors (Lipinski definition) is 1. The number of benzene rings is 2. The topological polar surface area (TPSA) is 98.4 Å². The number of anilines is 1. The summed E-state index contributed by atoms with van der Waals surface area (Å²) in [6, 6.07) is 13.9. The fraction of sp³-hybridized carbons (Fsp3) is 0.231. The van der Waals surface area contributed by atoms with E-state index in [1.54, 1.807) is 54.6 Å². The van der Waals surface area contributed by atoms with E-state index in [-0.39, 0.29) is 17.2 Å². The molecule has 34 heavy (non-hydrogen) atoms. The Bertz CT molecular complexity index is 1230. The molecular formula is C26H25NO7. The highest BCUT2D eigenvalue weighted by atomic mass is 16.5. The molecule has 8 heteroatoms. The molecule has 4 rings (SSSR count). The molecule has 1 fully saturated rings. The van der Waals surface area contributed by atoms with Gasteiger partial charge in [-0.25, -0.2) is 0 Å². The summed E-state index contributed by atoms with van der Waals surface area (Å²) in [7, 11) is 2.93. The normalized spacial score (nSPS) is 17.3. The number of carbonyl (C=O) groups excluding carboxylic acids is 2. The lowest BCUT2D eigenvalue weighted by molar-refractivity contribution is -0.132. The molecule has 2 aromatic carbocycles. The summed E-state index contributed by atoms with van der Waals surface area (Å²) in [5, 5.41) is 11.3. The molecule has 1 unspecified atom stereocenters. The Balaban J connectivity index is 1.87. The highest BCUT2D eigenvalue weighted by Crippen LogP contribution is 2.44. The van der Waals surface area contributed by atoms with Gasteiger partial charge in [0.1, 0.15) is 34.8 Å². The van der Waals surface area contributed by atoms with Gasteiger partial charge in [-0.05, 0) is 68.4 Å².